The van der Waals surface area contributed by atoms with E-state index in [2.05, 4.69) is 13.8 Å². The monoisotopic (exact) mass is 287 g/mol. The van der Waals surface area contributed by atoms with Gasteiger partial charge in [0, 0.05) is 12.6 Å². The molecule has 0 aliphatic carbocycles. The van der Waals surface area contributed by atoms with Crippen LogP contribution < -0.4 is 5.73 Å². The molecule has 0 saturated carbocycles. The number of ether oxygens (including phenoxy) is 1. The maximum Gasteiger partial charge on any atom is 0.142 e. The van der Waals surface area contributed by atoms with E-state index in [1.54, 1.807) is 6.07 Å². The second kappa shape index (κ2) is 7.22. The van der Waals surface area contributed by atoms with Crippen LogP contribution in [0, 0.1) is 5.82 Å². The van der Waals surface area contributed by atoms with Crippen molar-refractivity contribution in [2.45, 2.75) is 51.7 Å². The molecule has 1 aromatic carbocycles. The Hall–Kier alpha value is -0.640. The summed E-state index contributed by atoms with van der Waals surface area (Å²) < 4.78 is 19.3. The molecule has 2 nitrogen and oxygen atoms in total. The minimum Gasteiger partial charge on any atom is -0.374 e. The van der Waals surface area contributed by atoms with E-state index in [1.807, 2.05) is 13.0 Å². The van der Waals surface area contributed by atoms with Crippen molar-refractivity contribution < 1.29 is 9.13 Å². The van der Waals surface area contributed by atoms with Crippen molar-refractivity contribution in [3.8, 4) is 0 Å². The lowest BCUT2D eigenvalue weighted by molar-refractivity contribution is -0.0633. The van der Waals surface area contributed by atoms with Crippen molar-refractivity contribution in [1.29, 1.82) is 0 Å². The van der Waals surface area contributed by atoms with Crippen molar-refractivity contribution in [3.63, 3.8) is 0 Å². The smallest absolute Gasteiger partial charge is 0.142 e. The predicted octanol–water partition coefficient (Wildman–Crippen LogP) is 3.94. The third-order valence-electron chi connectivity index (χ3n) is 3.74. The van der Waals surface area contributed by atoms with Gasteiger partial charge < -0.3 is 10.5 Å². The van der Waals surface area contributed by atoms with Crippen LogP contribution >= 0.6 is 11.6 Å². The lowest BCUT2D eigenvalue weighted by Crippen LogP contribution is -2.50. The third-order valence-corrected chi connectivity index (χ3v) is 4.05. The van der Waals surface area contributed by atoms with Gasteiger partial charge in [0.15, 0.2) is 0 Å². The predicted molar refractivity (Wildman–Crippen MR) is 78.0 cm³/mol. The molecule has 0 aliphatic heterocycles. The summed E-state index contributed by atoms with van der Waals surface area (Å²) in [5.41, 5.74) is 6.80. The van der Waals surface area contributed by atoms with Crippen LogP contribution in [0.25, 0.3) is 0 Å². The fourth-order valence-electron chi connectivity index (χ4n) is 2.48. The molecule has 2 N–H and O–H groups in total. The molecule has 0 amide bonds. The van der Waals surface area contributed by atoms with Gasteiger partial charge in [0.1, 0.15) is 5.82 Å². The van der Waals surface area contributed by atoms with Gasteiger partial charge in [0.05, 0.1) is 10.6 Å². The first-order valence-electron chi connectivity index (χ1n) is 6.82. The van der Waals surface area contributed by atoms with Gasteiger partial charge in [-0.15, -0.1) is 0 Å². The minimum atomic E-state index is -0.402. The van der Waals surface area contributed by atoms with E-state index in [0.29, 0.717) is 13.0 Å². The van der Waals surface area contributed by atoms with Crippen molar-refractivity contribution >= 4 is 11.6 Å². The maximum absolute atomic E-state index is 13.4. The lowest BCUT2D eigenvalue weighted by atomic mass is 9.85. The van der Waals surface area contributed by atoms with Gasteiger partial charge in [-0.2, -0.15) is 0 Å². The van der Waals surface area contributed by atoms with Crippen molar-refractivity contribution in [1.82, 2.24) is 0 Å². The van der Waals surface area contributed by atoms with Gasteiger partial charge in [0.2, 0.25) is 0 Å². The molecule has 0 radical (unpaired) electrons. The van der Waals surface area contributed by atoms with Crippen molar-refractivity contribution in [2.75, 3.05) is 6.61 Å². The van der Waals surface area contributed by atoms with E-state index in [1.165, 1.54) is 6.07 Å². The van der Waals surface area contributed by atoms with Gasteiger partial charge in [-0.3, -0.25) is 0 Å². The van der Waals surface area contributed by atoms with Gasteiger partial charge in [-0.25, -0.2) is 4.39 Å². The maximum atomic E-state index is 13.4. The number of benzene rings is 1. The summed E-state index contributed by atoms with van der Waals surface area (Å²) in [6.45, 7) is 6.74. The molecule has 0 aromatic heterocycles. The van der Waals surface area contributed by atoms with E-state index in [4.69, 9.17) is 22.1 Å². The van der Waals surface area contributed by atoms with Crippen LogP contribution in [0.5, 0.6) is 0 Å². The first kappa shape index (κ1) is 16.4. The van der Waals surface area contributed by atoms with Crippen molar-refractivity contribution in [2.24, 2.45) is 5.73 Å². The number of nitrogens with two attached hydrogens (primary N) is 1. The number of hydrogen-bond acceptors (Lipinski definition) is 2. The van der Waals surface area contributed by atoms with E-state index in [9.17, 15) is 4.39 Å². The van der Waals surface area contributed by atoms with Crippen LogP contribution in [0.1, 0.15) is 39.2 Å². The third kappa shape index (κ3) is 3.91. The molecule has 0 fully saturated rings. The summed E-state index contributed by atoms with van der Waals surface area (Å²) in [5.74, 6) is -0.402. The zero-order valence-corrected chi connectivity index (χ0v) is 12.6. The van der Waals surface area contributed by atoms with Gasteiger partial charge in [-0.05, 0) is 43.9 Å². The molecule has 0 saturated heterocycles. The highest BCUT2D eigenvalue weighted by atomic mass is 35.5. The largest absolute Gasteiger partial charge is 0.374 e. The van der Waals surface area contributed by atoms with Crippen LogP contribution in [0.3, 0.4) is 0 Å². The summed E-state index contributed by atoms with van der Waals surface area (Å²) in [6.07, 6.45) is 2.26. The van der Waals surface area contributed by atoms with Gasteiger partial charge >= 0.3 is 0 Å². The summed E-state index contributed by atoms with van der Waals surface area (Å²) in [6, 6.07) is 4.67. The summed E-state index contributed by atoms with van der Waals surface area (Å²) in [7, 11) is 0. The van der Waals surface area contributed by atoms with Gasteiger partial charge in [0.25, 0.3) is 0 Å². The Morgan fingerprint density at radius 1 is 1.32 bits per heavy atom. The second-order valence-corrected chi connectivity index (χ2v) is 5.17. The first-order valence-corrected chi connectivity index (χ1v) is 7.20. The van der Waals surface area contributed by atoms with Crippen molar-refractivity contribution in [3.05, 3.63) is 34.6 Å². The quantitative estimate of drug-likeness (QED) is 0.824. The Morgan fingerprint density at radius 2 is 1.95 bits per heavy atom. The molecular weight excluding hydrogens is 265 g/mol. The highest BCUT2D eigenvalue weighted by Gasteiger charge is 2.34. The Bertz CT molecular complexity index is 407. The molecule has 19 heavy (non-hydrogen) atoms. The Balaban J connectivity index is 2.86. The zero-order valence-electron chi connectivity index (χ0n) is 11.9. The number of rotatable bonds is 7. The molecule has 4 heteroatoms. The molecular formula is C15H23ClFNO. The fourth-order valence-corrected chi connectivity index (χ4v) is 2.60. The number of halogens is 2. The van der Waals surface area contributed by atoms with Crippen LogP contribution in [-0.2, 0) is 11.2 Å². The molecule has 1 unspecified atom stereocenters. The lowest BCUT2D eigenvalue weighted by Gasteiger charge is -2.37. The number of hydrogen-bond donors (Lipinski definition) is 1. The highest BCUT2D eigenvalue weighted by Crippen LogP contribution is 2.27. The van der Waals surface area contributed by atoms with Gasteiger partial charge in [-0.1, -0.05) is 31.5 Å². The normalized spacial score (nSPS) is 13.6. The highest BCUT2D eigenvalue weighted by molar-refractivity contribution is 6.30. The SMILES string of the molecule is CCOC(CC)(CC)C(N)Cc1ccc(Cl)c(F)c1. The summed E-state index contributed by atoms with van der Waals surface area (Å²) in [5, 5.41) is 0.138. The van der Waals surface area contributed by atoms with Crippen LogP contribution in [0.2, 0.25) is 5.02 Å². The van der Waals surface area contributed by atoms with Crippen LogP contribution in [-0.4, -0.2) is 18.2 Å². The van der Waals surface area contributed by atoms with Crippen LogP contribution in [0.15, 0.2) is 18.2 Å². The Kier molecular flexibility index (Phi) is 6.24. The van der Waals surface area contributed by atoms with E-state index < -0.39 is 5.82 Å². The molecule has 1 atom stereocenters. The topological polar surface area (TPSA) is 35.2 Å². The Morgan fingerprint density at radius 3 is 2.42 bits per heavy atom. The molecule has 108 valence electrons. The van der Waals surface area contributed by atoms with E-state index >= 15 is 0 Å². The summed E-state index contributed by atoms with van der Waals surface area (Å²) >= 11 is 5.68. The molecule has 0 heterocycles. The van der Waals surface area contributed by atoms with E-state index in [-0.39, 0.29) is 16.7 Å². The summed E-state index contributed by atoms with van der Waals surface area (Å²) in [4.78, 5) is 0. The van der Waals surface area contributed by atoms with Crippen LogP contribution in [0.4, 0.5) is 4.39 Å². The molecule has 1 aromatic rings. The molecule has 0 spiro atoms. The zero-order chi connectivity index (χ0) is 14.5. The molecule has 1 rings (SSSR count). The van der Waals surface area contributed by atoms with E-state index in [0.717, 1.165) is 18.4 Å². The molecule has 0 bridgehead atoms. The molecule has 0 aliphatic rings. The second-order valence-electron chi connectivity index (χ2n) is 4.76. The Labute approximate surface area is 120 Å². The first-order chi connectivity index (χ1) is 8.99. The standard InChI is InChI=1S/C15H23ClFNO/c1-4-15(5-2,19-6-3)14(18)10-11-7-8-12(16)13(17)9-11/h7-9,14H,4-6,10,18H2,1-3H3. The minimum absolute atomic E-state index is 0.138. The fraction of sp³-hybridized carbons (Fsp3) is 0.600. The average Bonchev–Trinajstić information content (AvgIpc) is 2.40. The average molecular weight is 288 g/mol.